The van der Waals surface area contributed by atoms with Gasteiger partial charge in [-0.05, 0) is 50.8 Å². The van der Waals surface area contributed by atoms with E-state index in [-0.39, 0.29) is 5.97 Å². The van der Waals surface area contributed by atoms with Crippen molar-refractivity contribution in [2.45, 2.75) is 43.7 Å². The van der Waals surface area contributed by atoms with Gasteiger partial charge in [0.05, 0.1) is 11.6 Å². The number of esters is 1. The van der Waals surface area contributed by atoms with E-state index in [9.17, 15) is 4.79 Å². The minimum Gasteiger partial charge on any atom is -0.465 e. The second-order valence-corrected chi connectivity index (χ2v) is 6.35. The Morgan fingerprint density at radius 3 is 2.86 bits per heavy atom. The minimum absolute atomic E-state index is 0.107. The molecule has 1 aliphatic rings. The highest BCUT2D eigenvalue weighted by Gasteiger charge is 2.51. The fourth-order valence-electron chi connectivity index (χ4n) is 2.42. The smallest absolute Gasteiger partial charge is 0.327 e. The summed E-state index contributed by atoms with van der Waals surface area (Å²) in [6, 6.07) is 5.85. The molecular weight excluding hydrogens is 284 g/mol. The van der Waals surface area contributed by atoms with E-state index in [0.29, 0.717) is 18.3 Å². The first-order valence-electron chi connectivity index (χ1n) is 7.69. The van der Waals surface area contributed by atoms with Crippen molar-refractivity contribution in [1.82, 2.24) is 10.3 Å². The summed E-state index contributed by atoms with van der Waals surface area (Å²) in [5, 5.41) is 4.43. The predicted octanol–water partition coefficient (Wildman–Crippen LogP) is 2.89. The summed E-state index contributed by atoms with van der Waals surface area (Å²) in [6.07, 6.45) is 4.98. The van der Waals surface area contributed by atoms with E-state index >= 15 is 0 Å². The molecule has 1 saturated carbocycles. The molecule has 0 bridgehead atoms. The number of carbonyl (C=O) groups is 1. The quantitative estimate of drug-likeness (QED) is 0.561. The normalized spacial score (nSPS) is 17.2. The van der Waals surface area contributed by atoms with Crippen LogP contribution in [0.1, 0.15) is 33.1 Å². The third-order valence-electron chi connectivity index (χ3n) is 3.69. The Hall–Kier alpha value is -1.07. The number of thioether (sulfide) groups is 1. The van der Waals surface area contributed by atoms with Crippen LogP contribution in [0.25, 0.3) is 0 Å². The topological polar surface area (TPSA) is 51.2 Å². The molecule has 21 heavy (non-hydrogen) atoms. The molecule has 4 nitrogen and oxygen atoms in total. The predicted molar refractivity (Wildman–Crippen MR) is 85.3 cm³/mol. The number of pyridine rings is 1. The average molecular weight is 308 g/mol. The first-order chi connectivity index (χ1) is 10.2. The summed E-state index contributed by atoms with van der Waals surface area (Å²) in [4.78, 5) is 16.9. The number of nitrogens with one attached hydrogen (secondary N) is 1. The minimum atomic E-state index is -0.561. The van der Waals surface area contributed by atoms with Gasteiger partial charge in [-0.3, -0.25) is 4.79 Å². The maximum atomic E-state index is 12.6. The van der Waals surface area contributed by atoms with Crippen LogP contribution >= 0.6 is 11.8 Å². The molecule has 1 fully saturated rings. The maximum absolute atomic E-state index is 12.6. The highest BCUT2D eigenvalue weighted by atomic mass is 32.2. The van der Waals surface area contributed by atoms with Crippen LogP contribution < -0.4 is 5.32 Å². The molecule has 0 radical (unpaired) electrons. The molecule has 0 saturated heterocycles. The number of ether oxygens (including phenoxy) is 1. The Morgan fingerprint density at radius 1 is 1.48 bits per heavy atom. The summed E-state index contributed by atoms with van der Waals surface area (Å²) in [6.45, 7) is 5.23. The van der Waals surface area contributed by atoms with Gasteiger partial charge in [-0.1, -0.05) is 13.0 Å². The van der Waals surface area contributed by atoms with Gasteiger partial charge in [-0.2, -0.15) is 0 Å². The number of aromatic nitrogens is 1. The van der Waals surface area contributed by atoms with Crippen LogP contribution in [0, 0.1) is 5.92 Å². The SMILES string of the molecule is CCCNC(CSc1ccccn1)(C(=O)OCC)C1CC1. The molecule has 1 aromatic heterocycles. The van der Waals surface area contributed by atoms with Crippen LogP contribution in [0.4, 0.5) is 0 Å². The monoisotopic (exact) mass is 308 g/mol. The number of hydrogen-bond donors (Lipinski definition) is 1. The fraction of sp³-hybridized carbons (Fsp3) is 0.625. The number of nitrogens with zero attached hydrogens (tertiary/aromatic N) is 1. The second-order valence-electron chi connectivity index (χ2n) is 5.35. The lowest BCUT2D eigenvalue weighted by atomic mass is 9.95. The zero-order valence-corrected chi connectivity index (χ0v) is 13.6. The zero-order chi connectivity index (χ0) is 15.1. The maximum Gasteiger partial charge on any atom is 0.327 e. The summed E-state index contributed by atoms with van der Waals surface area (Å²) in [5.74, 6) is 0.955. The molecule has 5 heteroatoms. The van der Waals surface area contributed by atoms with Crippen LogP contribution in [0.2, 0.25) is 0 Å². The van der Waals surface area contributed by atoms with Crippen molar-refractivity contribution in [1.29, 1.82) is 0 Å². The van der Waals surface area contributed by atoms with Crippen LogP contribution in [-0.2, 0) is 9.53 Å². The Balaban J connectivity index is 2.11. The van der Waals surface area contributed by atoms with E-state index in [1.54, 1.807) is 18.0 Å². The standard InChI is InChI=1S/C16H24N2O2S/c1-3-10-18-16(13-8-9-13,15(19)20-4-2)12-21-14-7-5-6-11-17-14/h5-7,11,13,18H,3-4,8-10,12H2,1-2H3. The van der Waals surface area contributed by atoms with Crippen molar-refractivity contribution in [2.75, 3.05) is 18.9 Å². The van der Waals surface area contributed by atoms with Crippen molar-refractivity contribution in [3.05, 3.63) is 24.4 Å². The van der Waals surface area contributed by atoms with E-state index in [1.807, 2.05) is 25.1 Å². The molecule has 1 unspecified atom stereocenters. The van der Waals surface area contributed by atoms with E-state index in [4.69, 9.17) is 4.74 Å². The van der Waals surface area contributed by atoms with Crippen LogP contribution in [0.5, 0.6) is 0 Å². The number of carbonyl (C=O) groups excluding carboxylic acids is 1. The van der Waals surface area contributed by atoms with Crippen LogP contribution in [0.15, 0.2) is 29.4 Å². The molecule has 1 aromatic rings. The Bertz CT molecular complexity index is 451. The molecule has 0 spiro atoms. The molecule has 1 atom stereocenters. The molecule has 1 heterocycles. The number of hydrogen-bond acceptors (Lipinski definition) is 5. The van der Waals surface area contributed by atoms with Crippen molar-refractivity contribution in [3.8, 4) is 0 Å². The average Bonchev–Trinajstić information content (AvgIpc) is 3.34. The molecule has 0 amide bonds. The van der Waals surface area contributed by atoms with Gasteiger partial charge < -0.3 is 10.1 Å². The highest BCUT2D eigenvalue weighted by Crippen LogP contribution is 2.43. The zero-order valence-electron chi connectivity index (χ0n) is 12.8. The molecular formula is C16H24N2O2S. The molecule has 0 aliphatic heterocycles. The van der Waals surface area contributed by atoms with Crippen molar-refractivity contribution >= 4 is 17.7 Å². The molecule has 1 N–H and O–H groups in total. The van der Waals surface area contributed by atoms with Gasteiger partial charge in [-0.25, -0.2) is 4.98 Å². The van der Waals surface area contributed by atoms with Crippen LogP contribution in [-0.4, -0.2) is 35.4 Å². The highest BCUT2D eigenvalue weighted by molar-refractivity contribution is 7.99. The van der Waals surface area contributed by atoms with Crippen molar-refractivity contribution in [3.63, 3.8) is 0 Å². The van der Waals surface area contributed by atoms with Crippen molar-refractivity contribution in [2.24, 2.45) is 5.92 Å². The van der Waals surface area contributed by atoms with Gasteiger partial charge in [-0.15, -0.1) is 11.8 Å². The summed E-state index contributed by atoms with van der Waals surface area (Å²) >= 11 is 1.63. The molecule has 0 aromatic carbocycles. The lowest BCUT2D eigenvalue weighted by Crippen LogP contribution is -2.57. The largest absolute Gasteiger partial charge is 0.465 e. The Labute approximate surface area is 131 Å². The van der Waals surface area contributed by atoms with Gasteiger partial charge >= 0.3 is 5.97 Å². The lowest BCUT2D eigenvalue weighted by molar-refractivity contribution is -0.151. The third-order valence-corrected chi connectivity index (χ3v) is 4.83. The van der Waals surface area contributed by atoms with E-state index in [0.717, 1.165) is 30.8 Å². The number of rotatable bonds is 9. The Kier molecular flexibility index (Phi) is 6.06. The van der Waals surface area contributed by atoms with E-state index in [2.05, 4.69) is 17.2 Å². The van der Waals surface area contributed by atoms with E-state index in [1.165, 1.54) is 0 Å². The van der Waals surface area contributed by atoms with Crippen LogP contribution in [0.3, 0.4) is 0 Å². The molecule has 116 valence electrons. The first kappa shape index (κ1) is 16.3. The van der Waals surface area contributed by atoms with Crippen molar-refractivity contribution < 1.29 is 9.53 Å². The Morgan fingerprint density at radius 2 is 2.29 bits per heavy atom. The van der Waals surface area contributed by atoms with Gasteiger partial charge in [0.2, 0.25) is 0 Å². The van der Waals surface area contributed by atoms with Gasteiger partial charge in [0.15, 0.2) is 0 Å². The summed E-state index contributed by atoms with van der Waals surface area (Å²) < 4.78 is 5.36. The third kappa shape index (κ3) is 4.20. The first-order valence-corrected chi connectivity index (χ1v) is 8.67. The van der Waals surface area contributed by atoms with Gasteiger partial charge in [0.1, 0.15) is 5.54 Å². The van der Waals surface area contributed by atoms with Gasteiger partial charge in [0, 0.05) is 11.9 Å². The summed E-state index contributed by atoms with van der Waals surface area (Å²) in [5.41, 5.74) is -0.561. The molecule has 2 rings (SSSR count). The fourth-order valence-corrected chi connectivity index (χ4v) is 3.56. The van der Waals surface area contributed by atoms with Gasteiger partial charge in [0.25, 0.3) is 0 Å². The lowest BCUT2D eigenvalue weighted by Gasteiger charge is -2.32. The molecule has 1 aliphatic carbocycles. The van der Waals surface area contributed by atoms with E-state index < -0.39 is 5.54 Å². The second kappa shape index (κ2) is 7.80. The summed E-state index contributed by atoms with van der Waals surface area (Å²) in [7, 11) is 0.